The molecule has 0 bridgehead atoms. The molecule has 0 aromatic carbocycles. The van der Waals surface area contributed by atoms with Crippen molar-refractivity contribution in [1.29, 1.82) is 0 Å². The molecule has 0 fully saturated rings. The van der Waals surface area contributed by atoms with Crippen LogP contribution in [0.3, 0.4) is 0 Å². The first-order chi connectivity index (χ1) is 11.4. The number of rotatable bonds is 9. The Kier molecular flexibility index (Phi) is 11.2. The topological polar surface area (TPSA) is 85.5 Å². The van der Waals surface area contributed by atoms with Crippen LogP contribution < -0.4 is 0 Å². The average Bonchev–Trinajstić information content (AvgIpc) is 2.59. The summed E-state index contributed by atoms with van der Waals surface area (Å²) in [6.07, 6.45) is 6.87. The Morgan fingerprint density at radius 1 is 1.42 bits per heavy atom. The minimum Gasteiger partial charge on any atom is -0.393 e. The van der Waals surface area contributed by atoms with E-state index >= 15 is 0 Å². The molecule has 1 aromatic rings. The summed E-state index contributed by atoms with van der Waals surface area (Å²) in [5.74, 6) is 0.730. The maximum atomic E-state index is 10.2. The third-order valence-electron chi connectivity index (χ3n) is 4.39. The molecule has 1 unspecified atom stereocenters. The van der Waals surface area contributed by atoms with Gasteiger partial charge in [-0.05, 0) is 38.2 Å². The van der Waals surface area contributed by atoms with Gasteiger partial charge < -0.3 is 9.84 Å². The van der Waals surface area contributed by atoms with E-state index in [1.807, 2.05) is 0 Å². The maximum absolute atomic E-state index is 10.2. The summed E-state index contributed by atoms with van der Waals surface area (Å²) in [7, 11) is 1.71. The van der Waals surface area contributed by atoms with Crippen LogP contribution in [0.4, 0.5) is 5.69 Å². The highest BCUT2D eigenvalue weighted by Gasteiger charge is 2.27. The highest BCUT2D eigenvalue weighted by molar-refractivity contribution is 5.32. The van der Waals surface area contributed by atoms with Crippen molar-refractivity contribution in [3.05, 3.63) is 34.1 Å². The van der Waals surface area contributed by atoms with Crippen LogP contribution in [0.15, 0.2) is 18.3 Å². The van der Waals surface area contributed by atoms with Crippen molar-refractivity contribution in [2.45, 2.75) is 65.4 Å². The van der Waals surface area contributed by atoms with Crippen LogP contribution in [0.5, 0.6) is 0 Å². The van der Waals surface area contributed by atoms with Gasteiger partial charge in [-0.3, -0.25) is 15.1 Å². The third kappa shape index (κ3) is 7.84. The Morgan fingerprint density at radius 3 is 2.46 bits per heavy atom. The Balaban J connectivity index is 0.000000463. The number of methoxy groups -OCH3 is 1. The number of nitrogens with zero attached hydrogens (tertiary/aromatic N) is 2. The van der Waals surface area contributed by atoms with E-state index in [0.29, 0.717) is 5.69 Å². The second kappa shape index (κ2) is 11.9. The molecule has 1 aromatic heterocycles. The summed E-state index contributed by atoms with van der Waals surface area (Å²) in [4.78, 5) is 13.5. The fraction of sp³-hybridized carbons (Fsp3) is 0.722. The fourth-order valence-electron chi connectivity index (χ4n) is 2.39. The summed E-state index contributed by atoms with van der Waals surface area (Å²) in [6.45, 7) is 8.35. The Hall–Kier alpha value is -1.53. The zero-order valence-corrected chi connectivity index (χ0v) is 15.6. The molecule has 1 rings (SSSR count). The Morgan fingerprint density at radius 2 is 2.08 bits per heavy atom. The summed E-state index contributed by atoms with van der Waals surface area (Å²) in [6, 6.07) is 2.98. The maximum Gasteiger partial charge on any atom is 0.290 e. The molecule has 138 valence electrons. The van der Waals surface area contributed by atoms with E-state index in [2.05, 4.69) is 25.8 Å². The normalized spacial score (nSPS) is 14.2. The number of pyridine rings is 1. The van der Waals surface area contributed by atoms with Crippen molar-refractivity contribution in [2.75, 3.05) is 13.7 Å². The van der Waals surface area contributed by atoms with Crippen molar-refractivity contribution >= 4 is 5.69 Å². The Bertz CT molecular complexity index is 476. The van der Waals surface area contributed by atoms with Gasteiger partial charge in [0.25, 0.3) is 5.69 Å². The molecule has 0 aliphatic heterocycles. The average molecular weight is 340 g/mol. The number of hydrogen-bond acceptors (Lipinski definition) is 5. The lowest BCUT2D eigenvalue weighted by Gasteiger charge is -2.31. The van der Waals surface area contributed by atoms with Gasteiger partial charge in [-0.2, -0.15) is 0 Å². The summed E-state index contributed by atoms with van der Waals surface area (Å²) in [5.41, 5.74) is 0.244. The number of aliphatic hydroxyl groups is 1. The zero-order valence-electron chi connectivity index (χ0n) is 15.6. The predicted octanol–water partition coefficient (Wildman–Crippen LogP) is 4.29. The lowest BCUT2D eigenvalue weighted by Crippen LogP contribution is -2.36. The van der Waals surface area contributed by atoms with Gasteiger partial charge in [0.05, 0.1) is 17.1 Å². The highest BCUT2D eigenvalue weighted by Crippen LogP contribution is 2.26. The van der Waals surface area contributed by atoms with Crippen molar-refractivity contribution in [1.82, 2.24) is 4.98 Å². The first kappa shape index (κ1) is 22.5. The van der Waals surface area contributed by atoms with Gasteiger partial charge in [-0.15, -0.1) is 0 Å². The molecule has 0 aliphatic carbocycles. The molecule has 24 heavy (non-hydrogen) atoms. The molecular formula is C18H32N2O4. The minimum atomic E-state index is -0.442. The summed E-state index contributed by atoms with van der Waals surface area (Å²) < 4.78 is 5.47. The van der Waals surface area contributed by atoms with Crippen LogP contribution in [0, 0.1) is 23.0 Å². The van der Waals surface area contributed by atoms with Gasteiger partial charge in [-0.1, -0.05) is 33.6 Å². The number of ether oxygens (including phenoxy) is 1. The molecule has 6 heteroatoms. The summed E-state index contributed by atoms with van der Waals surface area (Å²) >= 11 is 0. The van der Waals surface area contributed by atoms with Gasteiger partial charge >= 0.3 is 0 Å². The van der Waals surface area contributed by atoms with E-state index in [-0.39, 0.29) is 17.9 Å². The van der Waals surface area contributed by atoms with Crippen LogP contribution in [0.1, 0.15) is 58.6 Å². The van der Waals surface area contributed by atoms with Gasteiger partial charge in [-0.25, -0.2) is 0 Å². The van der Waals surface area contributed by atoms with Crippen LogP contribution >= 0.6 is 0 Å². The molecule has 0 radical (unpaired) electrons. The van der Waals surface area contributed by atoms with Gasteiger partial charge in [0.15, 0.2) is 0 Å². The highest BCUT2D eigenvalue weighted by atomic mass is 16.6. The lowest BCUT2D eigenvalue weighted by atomic mass is 9.89. The fourth-order valence-corrected chi connectivity index (χ4v) is 2.39. The van der Waals surface area contributed by atoms with Crippen LogP contribution in [-0.4, -0.2) is 34.3 Å². The van der Waals surface area contributed by atoms with E-state index in [9.17, 15) is 15.2 Å². The molecule has 0 saturated carbocycles. The minimum absolute atomic E-state index is 0.0718. The second-order valence-corrected chi connectivity index (χ2v) is 6.21. The van der Waals surface area contributed by atoms with E-state index in [0.717, 1.165) is 31.6 Å². The summed E-state index contributed by atoms with van der Waals surface area (Å²) in [5, 5.41) is 19.6. The molecule has 0 spiro atoms. The number of nitro groups is 1. The van der Waals surface area contributed by atoms with E-state index in [4.69, 9.17) is 4.74 Å². The standard InChI is InChI=1S/C12H26O2.C6H6N2O2/c1-5-8-12(10-13,14-4)9-7-11(3)6-2;1-5-6(8(9)10)3-2-4-7-5/h11,13H,5-10H2,1-4H3;2-4H,1H3/t11-,12?;/m1./s1. The van der Waals surface area contributed by atoms with Crippen molar-refractivity contribution in [3.63, 3.8) is 0 Å². The molecule has 0 saturated heterocycles. The molecular weight excluding hydrogens is 308 g/mol. The largest absolute Gasteiger partial charge is 0.393 e. The first-order valence-corrected chi connectivity index (χ1v) is 8.57. The number of aryl methyl sites for hydroxylation is 1. The number of hydrogen-bond donors (Lipinski definition) is 1. The van der Waals surface area contributed by atoms with E-state index in [1.165, 1.54) is 18.7 Å². The lowest BCUT2D eigenvalue weighted by molar-refractivity contribution is -0.385. The molecule has 1 N–H and O–H groups in total. The molecule has 0 aliphatic rings. The Labute approximate surface area is 145 Å². The van der Waals surface area contributed by atoms with Gasteiger partial charge in [0, 0.05) is 19.4 Å². The van der Waals surface area contributed by atoms with Crippen LogP contribution in [-0.2, 0) is 4.74 Å². The van der Waals surface area contributed by atoms with Crippen LogP contribution in [0.25, 0.3) is 0 Å². The molecule has 2 atom stereocenters. The van der Waals surface area contributed by atoms with E-state index in [1.54, 1.807) is 20.1 Å². The van der Waals surface area contributed by atoms with Gasteiger partial charge in [0.2, 0.25) is 0 Å². The smallest absolute Gasteiger partial charge is 0.290 e. The monoisotopic (exact) mass is 340 g/mol. The van der Waals surface area contributed by atoms with Gasteiger partial charge in [0.1, 0.15) is 5.69 Å². The van der Waals surface area contributed by atoms with Crippen molar-refractivity contribution in [3.8, 4) is 0 Å². The van der Waals surface area contributed by atoms with Crippen molar-refractivity contribution < 1.29 is 14.8 Å². The number of aromatic nitrogens is 1. The van der Waals surface area contributed by atoms with Crippen LogP contribution in [0.2, 0.25) is 0 Å². The SMILES string of the molecule is CCCC(CO)(CC[C@H](C)CC)OC.Cc1ncccc1[N+](=O)[O-]. The molecule has 1 heterocycles. The first-order valence-electron chi connectivity index (χ1n) is 8.57. The molecule has 6 nitrogen and oxygen atoms in total. The van der Waals surface area contributed by atoms with Crippen molar-refractivity contribution in [2.24, 2.45) is 5.92 Å². The third-order valence-corrected chi connectivity index (χ3v) is 4.39. The second-order valence-electron chi connectivity index (χ2n) is 6.21. The predicted molar refractivity (Wildman–Crippen MR) is 96.1 cm³/mol. The quantitative estimate of drug-likeness (QED) is 0.535. The zero-order chi connectivity index (χ0) is 18.6. The molecule has 0 amide bonds. The van der Waals surface area contributed by atoms with E-state index < -0.39 is 4.92 Å². The number of aliphatic hydroxyl groups excluding tert-OH is 1.